The minimum Gasteiger partial charge on any atom is -0.481 e. The summed E-state index contributed by atoms with van der Waals surface area (Å²) in [6.07, 6.45) is 1.03. The van der Waals surface area contributed by atoms with Crippen molar-refractivity contribution >= 4 is 41.6 Å². The second-order valence-electron chi connectivity index (χ2n) is 4.36. The molecule has 0 aromatic heterocycles. The molecule has 0 saturated carbocycles. The van der Waals surface area contributed by atoms with Crippen LogP contribution in [-0.4, -0.2) is 51.1 Å². The van der Waals surface area contributed by atoms with E-state index in [1.54, 1.807) is 6.92 Å². The first-order valence-electron chi connectivity index (χ1n) is 6.45. The van der Waals surface area contributed by atoms with Crippen LogP contribution in [0.15, 0.2) is 0 Å². The molecule has 0 aliphatic carbocycles. The van der Waals surface area contributed by atoms with Gasteiger partial charge in [0.05, 0.1) is 6.42 Å². The van der Waals surface area contributed by atoms with Crippen molar-refractivity contribution in [1.29, 1.82) is 5.41 Å². The van der Waals surface area contributed by atoms with Gasteiger partial charge in [-0.1, -0.05) is 0 Å². The van der Waals surface area contributed by atoms with Gasteiger partial charge in [-0.25, -0.2) is 0 Å². The van der Waals surface area contributed by atoms with Gasteiger partial charge in [-0.05, 0) is 26.5 Å². The molecule has 0 aromatic carbocycles. The summed E-state index contributed by atoms with van der Waals surface area (Å²) in [6, 6.07) is 0. The number of nitrogens with one attached hydrogen (secondary N) is 1. The van der Waals surface area contributed by atoms with E-state index in [-0.39, 0.29) is 24.4 Å². The van der Waals surface area contributed by atoms with Crippen molar-refractivity contribution in [1.82, 2.24) is 0 Å². The molecule has 2 unspecified atom stereocenters. The van der Waals surface area contributed by atoms with Crippen LogP contribution in [0.25, 0.3) is 0 Å². The molecule has 0 rings (SSSR count). The zero-order chi connectivity index (χ0) is 17.7. The molecule has 0 spiro atoms. The topological polar surface area (TPSA) is 159 Å². The van der Waals surface area contributed by atoms with Crippen LogP contribution in [0, 0.1) is 11.3 Å². The summed E-state index contributed by atoms with van der Waals surface area (Å²) < 4.78 is 0. The predicted molar refractivity (Wildman–Crippen MR) is 83.2 cm³/mol. The van der Waals surface area contributed by atoms with Crippen molar-refractivity contribution in [3.05, 3.63) is 0 Å². The van der Waals surface area contributed by atoms with Gasteiger partial charge in [-0.3, -0.25) is 19.2 Å². The average Bonchev–Trinajstić information content (AvgIpc) is 2.36. The molecule has 5 N–H and O–H groups in total. The molecule has 1 amide bonds. The Bertz CT molecular complexity index is 413. The molecule has 0 radical (unpaired) electrons. The third-order valence-electron chi connectivity index (χ3n) is 2.45. The summed E-state index contributed by atoms with van der Waals surface area (Å²) in [5.41, 5.74) is 4.98. The summed E-state index contributed by atoms with van der Waals surface area (Å²) in [5.74, 6) is -3.48. The predicted octanol–water partition coefficient (Wildman–Crippen LogP) is 0.774. The molecule has 8 nitrogen and oxygen atoms in total. The highest BCUT2D eigenvalue weighted by Crippen LogP contribution is 2.22. The number of carboxylic acid groups (broad SMARTS) is 2. The van der Waals surface area contributed by atoms with E-state index in [4.69, 9.17) is 21.4 Å². The van der Waals surface area contributed by atoms with Gasteiger partial charge in [0, 0.05) is 18.1 Å². The lowest BCUT2D eigenvalue weighted by Crippen LogP contribution is -2.24. The maximum absolute atomic E-state index is 11.3. The average molecular weight is 334 g/mol. The molecule has 0 saturated heterocycles. The van der Waals surface area contributed by atoms with Crippen molar-refractivity contribution in [3.8, 4) is 0 Å². The quantitative estimate of drug-likeness (QED) is 0.429. The van der Waals surface area contributed by atoms with Crippen molar-refractivity contribution < 1.29 is 29.4 Å². The van der Waals surface area contributed by atoms with E-state index in [1.165, 1.54) is 13.1 Å². The number of amides is 1. The van der Waals surface area contributed by atoms with E-state index < -0.39 is 35.4 Å². The van der Waals surface area contributed by atoms with Gasteiger partial charge in [0.2, 0.25) is 5.91 Å². The van der Waals surface area contributed by atoms with Crippen LogP contribution in [0.4, 0.5) is 0 Å². The van der Waals surface area contributed by atoms with E-state index in [2.05, 4.69) is 0 Å². The van der Waals surface area contributed by atoms with Gasteiger partial charge in [0.25, 0.3) is 0 Å². The summed E-state index contributed by atoms with van der Waals surface area (Å²) in [5, 5.41) is 22.4. The number of carbonyl (C=O) groups excluding carboxylic acids is 2. The number of primary amides is 1. The lowest BCUT2D eigenvalue weighted by Gasteiger charge is -2.15. The van der Waals surface area contributed by atoms with Gasteiger partial charge < -0.3 is 21.4 Å². The summed E-state index contributed by atoms with van der Waals surface area (Å²) in [6.45, 7) is 3.01. The zero-order valence-corrected chi connectivity index (χ0v) is 13.4. The van der Waals surface area contributed by atoms with Crippen molar-refractivity contribution in [3.63, 3.8) is 0 Å². The number of carbonyl (C=O) groups is 4. The number of hydrogen-bond acceptors (Lipinski definition) is 6. The Morgan fingerprint density at radius 3 is 2.09 bits per heavy atom. The monoisotopic (exact) mass is 334 g/mol. The Kier molecular flexibility index (Phi) is 13.0. The minimum atomic E-state index is -1.23. The van der Waals surface area contributed by atoms with Crippen LogP contribution in [-0.2, 0) is 19.2 Å². The molecule has 22 heavy (non-hydrogen) atoms. The third kappa shape index (κ3) is 13.1. The van der Waals surface area contributed by atoms with E-state index in [9.17, 15) is 19.2 Å². The number of Topliss-reactive ketones (excluding diaryl/α,β-unsaturated/α-hetero) is 1. The maximum atomic E-state index is 11.3. The van der Waals surface area contributed by atoms with E-state index in [0.29, 0.717) is 0 Å². The molecule has 126 valence electrons. The molecule has 0 aliphatic heterocycles. The number of carboxylic acids is 2. The molecule has 0 aromatic rings. The number of rotatable bonds is 10. The molecule has 9 heteroatoms. The number of nitrogens with two attached hydrogens (primary N) is 1. The number of hydrogen-bond donors (Lipinski definition) is 4. The summed E-state index contributed by atoms with van der Waals surface area (Å²) in [4.78, 5) is 43.3. The Balaban J connectivity index is 0. The van der Waals surface area contributed by atoms with Crippen LogP contribution in [0.5, 0.6) is 0 Å². The van der Waals surface area contributed by atoms with E-state index in [1.807, 2.05) is 0 Å². The molecular weight excluding hydrogens is 312 g/mol. The van der Waals surface area contributed by atoms with Gasteiger partial charge in [0.15, 0.2) is 0 Å². The molecule has 0 bridgehead atoms. The fourth-order valence-electron chi connectivity index (χ4n) is 1.33. The first kappa shape index (κ1) is 22.4. The summed E-state index contributed by atoms with van der Waals surface area (Å²) in [7, 11) is 0. The fraction of sp³-hybridized carbons (Fsp3) is 0.615. The highest BCUT2D eigenvalue weighted by molar-refractivity contribution is 8.00. The fourth-order valence-corrected chi connectivity index (χ4v) is 2.60. The molecule has 0 heterocycles. The molecular formula is C13H22N2O6S. The van der Waals surface area contributed by atoms with Crippen LogP contribution in [0.2, 0.25) is 0 Å². The standard InChI is InChI=1S/C11H17NO6S.C2H5N/c1-6(13)7(2-3-9(12)14)5-19-8(11(17)18)4-10(15)16;1-2-3/h7-8H,2-5H2,1H3,(H2,12,14)(H,15,16)(H,17,18);2-3H,1H3. The van der Waals surface area contributed by atoms with Crippen molar-refractivity contribution in [2.75, 3.05) is 5.75 Å². The van der Waals surface area contributed by atoms with Gasteiger partial charge in [-0.15, -0.1) is 11.8 Å². The Morgan fingerprint density at radius 1 is 1.27 bits per heavy atom. The smallest absolute Gasteiger partial charge is 0.317 e. The molecule has 0 aliphatic rings. The first-order chi connectivity index (χ1) is 10.1. The highest BCUT2D eigenvalue weighted by Gasteiger charge is 2.24. The highest BCUT2D eigenvalue weighted by atomic mass is 32.2. The van der Waals surface area contributed by atoms with Crippen LogP contribution < -0.4 is 5.73 Å². The first-order valence-corrected chi connectivity index (χ1v) is 7.50. The molecule has 0 fully saturated rings. The Morgan fingerprint density at radius 2 is 1.77 bits per heavy atom. The third-order valence-corrected chi connectivity index (χ3v) is 3.81. The lowest BCUT2D eigenvalue weighted by atomic mass is 10.0. The van der Waals surface area contributed by atoms with Crippen molar-refractivity contribution in [2.24, 2.45) is 11.7 Å². The maximum Gasteiger partial charge on any atom is 0.317 e. The SMILES string of the molecule is CC(=O)C(CCC(N)=O)CSC(CC(=O)O)C(=O)O.CC=N. The van der Waals surface area contributed by atoms with Crippen molar-refractivity contribution in [2.45, 2.75) is 38.4 Å². The normalized spacial score (nSPS) is 12.3. The molecule has 2 atom stereocenters. The van der Waals surface area contributed by atoms with Gasteiger partial charge in [-0.2, -0.15) is 0 Å². The van der Waals surface area contributed by atoms with Crippen LogP contribution in [0.1, 0.15) is 33.1 Å². The van der Waals surface area contributed by atoms with E-state index >= 15 is 0 Å². The van der Waals surface area contributed by atoms with Crippen LogP contribution in [0.3, 0.4) is 0 Å². The van der Waals surface area contributed by atoms with Gasteiger partial charge in [0.1, 0.15) is 11.0 Å². The Labute approximate surface area is 133 Å². The summed E-state index contributed by atoms with van der Waals surface area (Å²) >= 11 is 0.893. The Hall–Kier alpha value is -1.90. The zero-order valence-electron chi connectivity index (χ0n) is 12.6. The number of thioether (sulfide) groups is 1. The van der Waals surface area contributed by atoms with Crippen LogP contribution >= 0.6 is 11.8 Å². The second kappa shape index (κ2) is 12.8. The van der Waals surface area contributed by atoms with E-state index in [0.717, 1.165) is 11.8 Å². The largest absolute Gasteiger partial charge is 0.481 e. The minimum absolute atomic E-state index is 0.0431. The second-order valence-corrected chi connectivity index (χ2v) is 5.60. The van der Waals surface area contributed by atoms with Gasteiger partial charge >= 0.3 is 11.9 Å². The lowest BCUT2D eigenvalue weighted by molar-refractivity contribution is -0.142. The number of aliphatic carboxylic acids is 2. The number of ketones is 1.